The molecule has 5 nitrogen and oxygen atoms in total. The molecule has 0 spiro atoms. The maximum absolute atomic E-state index is 12.9. The summed E-state index contributed by atoms with van der Waals surface area (Å²) in [5.41, 5.74) is 0.960. The Hall–Kier alpha value is -1.51. The highest BCUT2D eigenvalue weighted by atomic mass is 35.5. The average molecular weight is 311 g/mol. The van der Waals surface area contributed by atoms with Crippen molar-refractivity contribution in [3.05, 3.63) is 28.8 Å². The van der Waals surface area contributed by atoms with Crippen LogP contribution in [0.5, 0.6) is 0 Å². The number of hydrogen-bond acceptors (Lipinski definition) is 3. The first-order chi connectivity index (χ1) is 9.40. The summed E-state index contributed by atoms with van der Waals surface area (Å²) in [5.74, 6) is 5.16. The SMILES string of the molecule is COCCN=C(NN)Nc1c(Cl)cccc1C(F)(F)F. The number of ether oxygens (including phenoxy) is 1. The van der Waals surface area contributed by atoms with Crippen LogP contribution in [0.4, 0.5) is 18.9 Å². The number of rotatable bonds is 4. The van der Waals surface area contributed by atoms with E-state index in [9.17, 15) is 13.2 Å². The van der Waals surface area contributed by atoms with Crippen LogP contribution in [0, 0.1) is 0 Å². The summed E-state index contributed by atoms with van der Waals surface area (Å²) < 4.78 is 43.4. The van der Waals surface area contributed by atoms with Gasteiger partial charge < -0.3 is 10.1 Å². The van der Waals surface area contributed by atoms with Gasteiger partial charge in [-0.2, -0.15) is 13.2 Å². The number of nitrogens with one attached hydrogen (secondary N) is 2. The van der Waals surface area contributed by atoms with Gasteiger partial charge in [-0.05, 0) is 12.1 Å². The third kappa shape index (κ3) is 4.55. The first kappa shape index (κ1) is 16.5. The zero-order chi connectivity index (χ0) is 15.2. The van der Waals surface area contributed by atoms with Gasteiger partial charge in [-0.1, -0.05) is 17.7 Å². The number of alkyl halides is 3. The van der Waals surface area contributed by atoms with Gasteiger partial charge in [0, 0.05) is 7.11 Å². The quantitative estimate of drug-likeness (QED) is 0.262. The van der Waals surface area contributed by atoms with Crippen LogP contribution < -0.4 is 16.6 Å². The van der Waals surface area contributed by atoms with E-state index in [0.29, 0.717) is 6.61 Å². The molecular weight excluding hydrogens is 297 g/mol. The minimum Gasteiger partial charge on any atom is -0.383 e. The van der Waals surface area contributed by atoms with Crippen LogP contribution in [0.1, 0.15) is 5.56 Å². The molecule has 0 fully saturated rings. The molecule has 0 aliphatic carbocycles. The number of methoxy groups -OCH3 is 1. The molecule has 0 aliphatic rings. The van der Waals surface area contributed by atoms with Crippen LogP contribution in [0.15, 0.2) is 23.2 Å². The fraction of sp³-hybridized carbons (Fsp3) is 0.364. The Morgan fingerprint density at radius 2 is 2.15 bits per heavy atom. The minimum absolute atomic E-state index is 0.0411. The summed E-state index contributed by atoms with van der Waals surface area (Å²) in [7, 11) is 1.48. The lowest BCUT2D eigenvalue weighted by Gasteiger charge is -2.16. The molecule has 9 heteroatoms. The smallest absolute Gasteiger partial charge is 0.383 e. The predicted octanol–water partition coefficient (Wildman–Crippen LogP) is 2.24. The molecule has 0 bridgehead atoms. The second-order valence-electron chi connectivity index (χ2n) is 3.65. The predicted molar refractivity (Wildman–Crippen MR) is 71.6 cm³/mol. The van der Waals surface area contributed by atoms with E-state index in [4.69, 9.17) is 22.2 Å². The van der Waals surface area contributed by atoms with Crippen LogP contribution in [0.25, 0.3) is 0 Å². The molecule has 1 rings (SSSR count). The van der Waals surface area contributed by atoms with E-state index >= 15 is 0 Å². The Balaban J connectivity index is 3.04. The molecule has 1 aromatic carbocycles. The minimum atomic E-state index is -4.54. The lowest BCUT2D eigenvalue weighted by molar-refractivity contribution is -0.136. The zero-order valence-electron chi connectivity index (χ0n) is 10.6. The van der Waals surface area contributed by atoms with Gasteiger partial charge in [0.15, 0.2) is 0 Å². The molecule has 0 atom stereocenters. The Labute approximate surface area is 118 Å². The van der Waals surface area contributed by atoms with Crippen LogP contribution in [0.3, 0.4) is 0 Å². The van der Waals surface area contributed by atoms with E-state index in [1.165, 1.54) is 19.2 Å². The van der Waals surface area contributed by atoms with Gasteiger partial charge in [0.25, 0.3) is 0 Å². The number of benzene rings is 1. The molecule has 0 saturated carbocycles. The number of nitrogens with two attached hydrogens (primary N) is 1. The van der Waals surface area contributed by atoms with Crippen LogP contribution in [-0.4, -0.2) is 26.2 Å². The highest BCUT2D eigenvalue weighted by molar-refractivity contribution is 6.34. The number of anilines is 1. The van der Waals surface area contributed by atoms with Gasteiger partial charge in [0.1, 0.15) is 0 Å². The summed E-state index contributed by atoms with van der Waals surface area (Å²) in [6.45, 7) is 0.538. The molecule has 4 N–H and O–H groups in total. The second-order valence-corrected chi connectivity index (χ2v) is 4.06. The third-order valence-electron chi connectivity index (χ3n) is 2.26. The fourth-order valence-electron chi connectivity index (χ4n) is 1.38. The normalized spacial score (nSPS) is 12.4. The van der Waals surface area contributed by atoms with Crippen molar-refractivity contribution in [3.63, 3.8) is 0 Å². The maximum atomic E-state index is 12.9. The molecule has 0 amide bonds. The number of guanidine groups is 1. The number of para-hydroxylation sites is 1. The van der Waals surface area contributed by atoms with E-state index in [0.717, 1.165) is 6.07 Å². The molecular formula is C11H14ClF3N4O. The zero-order valence-corrected chi connectivity index (χ0v) is 11.3. The van der Waals surface area contributed by atoms with Gasteiger partial charge in [0.05, 0.1) is 29.4 Å². The molecule has 0 radical (unpaired) electrons. The molecule has 0 heterocycles. The van der Waals surface area contributed by atoms with Gasteiger partial charge in [-0.3, -0.25) is 5.43 Å². The van der Waals surface area contributed by atoms with Crippen molar-refractivity contribution in [1.29, 1.82) is 0 Å². The van der Waals surface area contributed by atoms with Crippen molar-refractivity contribution < 1.29 is 17.9 Å². The van der Waals surface area contributed by atoms with Crippen LogP contribution in [-0.2, 0) is 10.9 Å². The summed E-state index contributed by atoms with van der Waals surface area (Å²) in [5, 5.41) is 2.35. The number of hydrogen-bond donors (Lipinski definition) is 3. The summed E-state index contributed by atoms with van der Waals surface area (Å²) in [6.07, 6.45) is -4.54. The summed E-state index contributed by atoms with van der Waals surface area (Å²) >= 11 is 5.79. The van der Waals surface area contributed by atoms with E-state index in [1.54, 1.807) is 0 Å². The average Bonchev–Trinajstić information content (AvgIpc) is 2.38. The van der Waals surface area contributed by atoms with Crippen molar-refractivity contribution >= 4 is 23.2 Å². The van der Waals surface area contributed by atoms with Crippen molar-refractivity contribution in [3.8, 4) is 0 Å². The molecule has 20 heavy (non-hydrogen) atoms. The standard InChI is InChI=1S/C11H14ClF3N4O/c1-20-6-5-17-10(19-16)18-9-7(11(13,14)15)3-2-4-8(9)12/h2-4H,5-6,16H2,1H3,(H2,17,18,19). The molecule has 1 aromatic rings. The van der Waals surface area contributed by atoms with Gasteiger partial charge in [-0.25, -0.2) is 10.8 Å². The number of nitrogens with zero attached hydrogens (tertiary/aromatic N) is 1. The Bertz CT molecular complexity index is 479. The fourth-order valence-corrected chi connectivity index (χ4v) is 1.60. The van der Waals surface area contributed by atoms with Gasteiger partial charge >= 0.3 is 6.18 Å². The lowest BCUT2D eigenvalue weighted by Crippen LogP contribution is -2.37. The lowest BCUT2D eigenvalue weighted by atomic mass is 10.1. The maximum Gasteiger partial charge on any atom is 0.418 e. The van der Waals surface area contributed by atoms with Crippen LogP contribution in [0.2, 0.25) is 5.02 Å². The highest BCUT2D eigenvalue weighted by Gasteiger charge is 2.34. The second kappa shape index (κ2) is 7.32. The number of hydrazine groups is 1. The molecule has 0 saturated heterocycles. The van der Waals surface area contributed by atoms with Gasteiger partial charge in [-0.15, -0.1) is 0 Å². The monoisotopic (exact) mass is 310 g/mol. The first-order valence-corrected chi connectivity index (χ1v) is 5.90. The first-order valence-electron chi connectivity index (χ1n) is 5.53. The molecule has 112 valence electrons. The van der Waals surface area contributed by atoms with Crippen molar-refractivity contribution in [2.45, 2.75) is 6.18 Å². The Morgan fingerprint density at radius 1 is 1.45 bits per heavy atom. The Morgan fingerprint density at radius 3 is 2.70 bits per heavy atom. The van der Waals surface area contributed by atoms with Crippen LogP contribution >= 0.6 is 11.6 Å². The largest absolute Gasteiger partial charge is 0.418 e. The Kier molecular flexibility index (Phi) is 6.05. The summed E-state index contributed by atoms with van der Waals surface area (Å²) in [4.78, 5) is 3.91. The number of aliphatic imine (C=N–C) groups is 1. The summed E-state index contributed by atoms with van der Waals surface area (Å²) in [6, 6.07) is 3.47. The van der Waals surface area contributed by atoms with E-state index in [-0.39, 0.29) is 23.2 Å². The topological polar surface area (TPSA) is 71.7 Å². The van der Waals surface area contributed by atoms with E-state index < -0.39 is 11.7 Å². The molecule has 0 aliphatic heterocycles. The van der Waals surface area contributed by atoms with E-state index in [2.05, 4.69) is 15.7 Å². The van der Waals surface area contributed by atoms with Crippen molar-refractivity contribution in [2.24, 2.45) is 10.8 Å². The molecule has 0 unspecified atom stereocenters. The van der Waals surface area contributed by atoms with E-state index in [1.807, 2.05) is 0 Å². The van der Waals surface area contributed by atoms with Crippen molar-refractivity contribution in [1.82, 2.24) is 5.43 Å². The highest BCUT2D eigenvalue weighted by Crippen LogP contribution is 2.38. The van der Waals surface area contributed by atoms with Crippen molar-refractivity contribution in [2.75, 3.05) is 25.6 Å². The molecule has 0 aromatic heterocycles. The number of halogens is 4. The van der Waals surface area contributed by atoms with Gasteiger partial charge in [0.2, 0.25) is 5.96 Å². The third-order valence-corrected chi connectivity index (χ3v) is 2.58.